The fraction of sp³-hybridized carbons (Fsp3) is 0.625. The number of carbonyl (C=O) groups is 2. The molecule has 0 unspecified atom stereocenters. The van der Waals surface area contributed by atoms with Crippen LogP contribution in [0.2, 0.25) is 0 Å². The summed E-state index contributed by atoms with van der Waals surface area (Å²) in [4.78, 5) is 37.5. The van der Waals surface area contributed by atoms with Gasteiger partial charge in [0, 0.05) is 52.4 Å². The molecular weight excluding hydrogens is 310 g/mol. The first-order valence-electron chi connectivity index (χ1n) is 8.36. The Morgan fingerprint density at radius 3 is 2.33 bits per heavy atom. The summed E-state index contributed by atoms with van der Waals surface area (Å²) in [6.45, 7) is 5.82. The van der Waals surface area contributed by atoms with Gasteiger partial charge in [-0.1, -0.05) is 0 Å². The largest absolute Gasteiger partial charge is 0.481 e. The van der Waals surface area contributed by atoms with E-state index in [1.165, 1.54) is 0 Å². The molecule has 130 valence electrons. The van der Waals surface area contributed by atoms with Crippen molar-refractivity contribution in [3.05, 3.63) is 12.3 Å². The Kier molecular flexibility index (Phi) is 4.82. The Morgan fingerprint density at radius 1 is 1.08 bits per heavy atom. The van der Waals surface area contributed by atoms with Gasteiger partial charge in [0.25, 0.3) is 0 Å². The second-order valence-corrected chi connectivity index (χ2v) is 6.31. The van der Waals surface area contributed by atoms with Crippen molar-refractivity contribution >= 4 is 23.6 Å². The van der Waals surface area contributed by atoms with Crippen molar-refractivity contribution in [3.8, 4) is 0 Å². The monoisotopic (exact) mass is 333 g/mol. The molecule has 24 heavy (non-hydrogen) atoms. The third-order valence-electron chi connectivity index (χ3n) is 4.80. The average Bonchev–Trinajstić information content (AvgIpc) is 2.62. The number of piperidine rings is 1. The number of aromatic nitrogens is 2. The minimum absolute atomic E-state index is 0.102. The summed E-state index contributed by atoms with van der Waals surface area (Å²) in [6.07, 6.45) is 3.04. The predicted octanol–water partition coefficient (Wildman–Crippen LogP) is 0.446. The molecule has 1 amide bonds. The van der Waals surface area contributed by atoms with Crippen molar-refractivity contribution in [2.75, 3.05) is 49.1 Å². The molecule has 0 atom stereocenters. The minimum Gasteiger partial charge on any atom is -0.481 e. The molecule has 0 aromatic carbocycles. The highest BCUT2D eigenvalue weighted by Gasteiger charge is 2.26. The van der Waals surface area contributed by atoms with Crippen molar-refractivity contribution in [1.82, 2.24) is 14.9 Å². The van der Waals surface area contributed by atoms with Crippen LogP contribution >= 0.6 is 0 Å². The van der Waals surface area contributed by atoms with Gasteiger partial charge < -0.3 is 19.8 Å². The van der Waals surface area contributed by atoms with Gasteiger partial charge in [-0.25, -0.2) is 4.98 Å². The molecule has 2 saturated heterocycles. The van der Waals surface area contributed by atoms with Crippen molar-refractivity contribution in [1.29, 1.82) is 0 Å². The molecule has 3 heterocycles. The zero-order valence-electron chi connectivity index (χ0n) is 13.9. The van der Waals surface area contributed by atoms with Gasteiger partial charge in [0.2, 0.25) is 11.9 Å². The number of carboxylic acid groups (broad SMARTS) is 1. The summed E-state index contributed by atoms with van der Waals surface area (Å²) < 4.78 is 0. The molecule has 8 nitrogen and oxygen atoms in total. The van der Waals surface area contributed by atoms with Crippen LogP contribution in [-0.4, -0.2) is 71.1 Å². The van der Waals surface area contributed by atoms with E-state index < -0.39 is 5.97 Å². The molecule has 1 aromatic rings. The molecule has 0 aliphatic carbocycles. The first-order chi connectivity index (χ1) is 11.5. The highest BCUT2D eigenvalue weighted by molar-refractivity contribution is 5.73. The molecule has 2 aliphatic rings. The van der Waals surface area contributed by atoms with E-state index in [1.807, 2.05) is 11.0 Å². The van der Waals surface area contributed by atoms with Gasteiger partial charge in [0.15, 0.2) is 0 Å². The summed E-state index contributed by atoms with van der Waals surface area (Å²) >= 11 is 0. The molecule has 3 rings (SSSR count). The van der Waals surface area contributed by atoms with Crippen LogP contribution in [0.3, 0.4) is 0 Å². The molecule has 0 saturated carbocycles. The lowest BCUT2D eigenvalue weighted by atomic mass is 9.97. The smallest absolute Gasteiger partial charge is 0.306 e. The van der Waals surface area contributed by atoms with Gasteiger partial charge in [-0.15, -0.1) is 0 Å². The molecular formula is C16H23N5O3. The average molecular weight is 333 g/mol. The summed E-state index contributed by atoms with van der Waals surface area (Å²) in [6, 6.07) is 1.87. The zero-order chi connectivity index (χ0) is 17.1. The zero-order valence-corrected chi connectivity index (χ0v) is 13.9. The van der Waals surface area contributed by atoms with Crippen LogP contribution in [-0.2, 0) is 9.59 Å². The Bertz CT molecular complexity index is 558. The number of hydrogen-bond acceptors (Lipinski definition) is 6. The molecule has 0 radical (unpaired) electrons. The topological polar surface area (TPSA) is 89.9 Å². The van der Waals surface area contributed by atoms with E-state index >= 15 is 0 Å². The summed E-state index contributed by atoms with van der Waals surface area (Å²) in [5.74, 6) is 0.670. The van der Waals surface area contributed by atoms with E-state index in [2.05, 4.69) is 19.8 Å². The lowest BCUT2D eigenvalue weighted by Gasteiger charge is -2.35. The van der Waals surface area contributed by atoms with E-state index in [-0.39, 0.29) is 11.8 Å². The maximum Gasteiger partial charge on any atom is 0.306 e. The Labute approximate surface area is 141 Å². The molecule has 2 fully saturated rings. The lowest BCUT2D eigenvalue weighted by Crippen LogP contribution is -2.48. The third-order valence-corrected chi connectivity index (χ3v) is 4.80. The third kappa shape index (κ3) is 3.58. The van der Waals surface area contributed by atoms with Gasteiger partial charge in [0.05, 0.1) is 5.92 Å². The number of amides is 1. The summed E-state index contributed by atoms with van der Waals surface area (Å²) in [5.41, 5.74) is 0. The number of aliphatic carboxylic acids is 1. The van der Waals surface area contributed by atoms with Gasteiger partial charge in [-0.05, 0) is 18.9 Å². The number of hydrogen-bond donors (Lipinski definition) is 1. The number of anilines is 2. The van der Waals surface area contributed by atoms with Crippen molar-refractivity contribution in [3.63, 3.8) is 0 Å². The normalized spacial score (nSPS) is 19.5. The highest BCUT2D eigenvalue weighted by atomic mass is 16.4. The molecule has 1 N–H and O–H groups in total. The number of piperazine rings is 1. The van der Waals surface area contributed by atoms with Crippen LogP contribution in [0.15, 0.2) is 12.3 Å². The van der Waals surface area contributed by atoms with Crippen molar-refractivity contribution in [2.24, 2.45) is 5.92 Å². The maximum absolute atomic E-state index is 11.4. The molecule has 2 aliphatic heterocycles. The van der Waals surface area contributed by atoms with Gasteiger partial charge in [-0.3, -0.25) is 9.59 Å². The Balaban J connectivity index is 1.63. The van der Waals surface area contributed by atoms with Gasteiger partial charge in [0.1, 0.15) is 5.82 Å². The second-order valence-electron chi connectivity index (χ2n) is 6.31. The number of rotatable bonds is 3. The van der Waals surface area contributed by atoms with E-state index in [9.17, 15) is 9.59 Å². The van der Waals surface area contributed by atoms with Gasteiger partial charge in [-0.2, -0.15) is 4.98 Å². The van der Waals surface area contributed by atoms with E-state index in [4.69, 9.17) is 5.11 Å². The highest BCUT2D eigenvalue weighted by Crippen LogP contribution is 2.23. The van der Waals surface area contributed by atoms with Crippen LogP contribution in [0.25, 0.3) is 0 Å². The first kappa shape index (κ1) is 16.5. The first-order valence-corrected chi connectivity index (χ1v) is 8.36. The van der Waals surface area contributed by atoms with E-state index in [1.54, 1.807) is 13.1 Å². The second kappa shape index (κ2) is 7.02. The Hall–Kier alpha value is -2.38. The quantitative estimate of drug-likeness (QED) is 0.858. The summed E-state index contributed by atoms with van der Waals surface area (Å²) in [5, 5.41) is 9.09. The molecule has 0 spiro atoms. The lowest BCUT2D eigenvalue weighted by molar-refractivity contribution is -0.142. The van der Waals surface area contributed by atoms with E-state index in [0.29, 0.717) is 45.0 Å². The van der Waals surface area contributed by atoms with Crippen LogP contribution in [0.5, 0.6) is 0 Å². The fourth-order valence-electron chi connectivity index (χ4n) is 3.24. The van der Waals surface area contributed by atoms with Crippen molar-refractivity contribution < 1.29 is 14.7 Å². The van der Waals surface area contributed by atoms with Crippen LogP contribution in [0, 0.1) is 5.92 Å². The SMILES string of the molecule is CC(=O)N1CCN(c2nccc(N3CCC(C(=O)O)CC3)n2)CC1. The number of carboxylic acids is 1. The molecule has 0 bridgehead atoms. The standard InChI is InChI=1S/C16H23N5O3/c1-12(22)19-8-10-21(11-9-19)16-17-5-2-14(18-16)20-6-3-13(4-7-20)15(23)24/h2,5,13H,3-4,6-11H2,1H3,(H,23,24). The summed E-state index contributed by atoms with van der Waals surface area (Å²) in [7, 11) is 0. The number of carbonyl (C=O) groups excluding carboxylic acids is 1. The predicted molar refractivity (Wildman–Crippen MR) is 89.1 cm³/mol. The Morgan fingerprint density at radius 2 is 1.75 bits per heavy atom. The maximum atomic E-state index is 11.4. The van der Waals surface area contributed by atoms with Crippen LogP contribution < -0.4 is 9.80 Å². The van der Waals surface area contributed by atoms with Crippen LogP contribution in [0.4, 0.5) is 11.8 Å². The van der Waals surface area contributed by atoms with Gasteiger partial charge >= 0.3 is 5.97 Å². The van der Waals surface area contributed by atoms with Crippen molar-refractivity contribution in [2.45, 2.75) is 19.8 Å². The molecule has 8 heteroatoms. The minimum atomic E-state index is -0.707. The molecule has 1 aromatic heterocycles. The number of nitrogens with zero attached hydrogens (tertiary/aromatic N) is 5. The van der Waals surface area contributed by atoms with Crippen LogP contribution in [0.1, 0.15) is 19.8 Å². The van der Waals surface area contributed by atoms with E-state index in [0.717, 1.165) is 18.9 Å². The fourth-order valence-corrected chi connectivity index (χ4v) is 3.24.